The molecule has 0 aliphatic heterocycles. The lowest BCUT2D eigenvalue weighted by atomic mass is 9.96. The topological polar surface area (TPSA) is 104 Å². The molecule has 25 heavy (non-hydrogen) atoms. The summed E-state index contributed by atoms with van der Waals surface area (Å²) in [6.07, 6.45) is 6.80. The molecular formula is C16H19Cl3N6. The maximum absolute atomic E-state index is 5.93. The number of halogens is 3. The first-order valence-electron chi connectivity index (χ1n) is 7.73. The van der Waals surface area contributed by atoms with Gasteiger partial charge in [0.25, 0.3) is 0 Å². The summed E-state index contributed by atoms with van der Waals surface area (Å²) >= 11 is 17.1. The van der Waals surface area contributed by atoms with Gasteiger partial charge in [-0.05, 0) is 45.1 Å². The van der Waals surface area contributed by atoms with Crippen LogP contribution < -0.4 is 11.5 Å². The van der Waals surface area contributed by atoms with Crippen molar-refractivity contribution in [1.29, 1.82) is 0 Å². The molecular weight excluding hydrogens is 383 g/mol. The van der Waals surface area contributed by atoms with Crippen LogP contribution in [-0.2, 0) is 0 Å². The van der Waals surface area contributed by atoms with E-state index in [1.165, 1.54) is 18.4 Å². The number of aryl methyl sites for hydroxylation is 2. The Hall–Kier alpha value is -1.63. The van der Waals surface area contributed by atoms with E-state index in [0.29, 0.717) is 22.5 Å². The van der Waals surface area contributed by atoms with Gasteiger partial charge in [-0.3, -0.25) is 0 Å². The molecule has 0 bridgehead atoms. The van der Waals surface area contributed by atoms with E-state index in [2.05, 4.69) is 26.0 Å². The highest BCUT2D eigenvalue weighted by Gasteiger charge is 2.14. The minimum Gasteiger partial charge on any atom is -0.394 e. The molecule has 0 spiro atoms. The van der Waals surface area contributed by atoms with Gasteiger partial charge in [-0.25, -0.2) is 19.9 Å². The van der Waals surface area contributed by atoms with Gasteiger partial charge in [-0.2, -0.15) is 0 Å². The second-order valence-corrected chi connectivity index (χ2v) is 6.64. The summed E-state index contributed by atoms with van der Waals surface area (Å²) in [6, 6.07) is 0. The van der Waals surface area contributed by atoms with Gasteiger partial charge in [0.1, 0.15) is 17.3 Å². The molecule has 0 aromatic carbocycles. The van der Waals surface area contributed by atoms with Gasteiger partial charge in [0.15, 0.2) is 15.5 Å². The summed E-state index contributed by atoms with van der Waals surface area (Å²) in [5, 5.41) is 0.777. The Labute approximate surface area is 161 Å². The van der Waals surface area contributed by atoms with E-state index >= 15 is 0 Å². The highest BCUT2D eigenvalue weighted by atomic mass is 35.5. The SMILES string of the molecule is Cc1nc(Cl)c(N)c(C2=CCCCC2)n1.Cc1nc(Cl)c(N)c(Cl)n1. The van der Waals surface area contributed by atoms with Crippen LogP contribution in [-0.4, -0.2) is 19.9 Å². The predicted octanol–water partition coefficient (Wildman–Crippen LogP) is 4.65. The second-order valence-electron chi connectivity index (χ2n) is 5.57. The molecule has 1 aliphatic carbocycles. The van der Waals surface area contributed by atoms with Crippen molar-refractivity contribution in [2.75, 3.05) is 11.5 Å². The van der Waals surface area contributed by atoms with Gasteiger partial charge in [-0.1, -0.05) is 40.9 Å². The number of hydrogen-bond acceptors (Lipinski definition) is 6. The van der Waals surface area contributed by atoms with Gasteiger partial charge < -0.3 is 11.5 Å². The highest BCUT2D eigenvalue weighted by molar-refractivity contribution is 6.37. The van der Waals surface area contributed by atoms with Crippen molar-refractivity contribution < 1.29 is 0 Å². The third-order valence-electron chi connectivity index (χ3n) is 3.57. The number of nitrogen functional groups attached to an aromatic ring is 2. The normalized spacial score (nSPS) is 13.7. The van der Waals surface area contributed by atoms with Crippen LogP contribution in [0, 0.1) is 13.8 Å². The van der Waals surface area contributed by atoms with E-state index in [4.69, 9.17) is 46.3 Å². The molecule has 4 N–H and O–H groups in total. The monoisotopic (exact) mass is 400 g/mol. The molecule has 0 saturated carbocycles. The van der Waals surface area contributed by atoms with Crippen LogP contribution in [0.25, 0.3) is 5.57 Å². The zero-order valence-corrected chi connectivity index (χ0v) is 16.3. The molecule has 0 saturated heterocycles. The molecule has 2 aromatic heterocycles. The molecule has 0 amide bonds. The van der Waals surface area contributed by atoms with Gasteiger partial charge >= 0.3 is 0 Å². The lowest BCUT2D eigenvalue weighted by molar-refractivity contribution is 0.739. The number of hydrogen-bond donors (Lipinski definition) is 2. The first kappa shape index (κ1) is 19.7. The Morgan fingerprint density at radius 3 is 1.84 bits per heavy atom. The molecule has 0 radical (unpaired) electrons. The molecule has 134 valence electrons. The molecule has 3 rings (SSSR count). The van der Waals surface area contributed by atoms with Gasteiger partial charge in [0.2, 0.25) is 0 Å². The van der Waals surface area contributed by atoms with Crippen molar-refractivity contribution in [3.8, 4) is 0 Å². The van der Waals surface area contributed by atoms with Crippen molar-refractivity contribution in [3.05, 3.63) is 38.9 Å². The summed E-state index contributed by atoms with van der Waals surface area (Å²) < 4.78 is 0. The van der Waals surface area contributed by atoms with Gasteiger partial charge in [0.05, 0.1) is 11.4 Å². The van der Waals surface area contributed by atoms with Crippen LogP contribution in [0.5, 0.6) is 0 Å². The van der Waals surface area contributed by atoms with Gasteiger partial charge in [-0.15, -0.1) is 0 Å². The fourth-order valence-corrected chi connectivity index (χ4v) is 3.04. The van der Waals surface area contributed by atoms with E-state index in [0.717, 1.165) is 18.5 Å². The van der Waals surface area contributed by atoms with Crippen molar-refractivity contribution in [3.63, 3.8) is 0 Å². The van der Waals surface area contributed by atoms with Crippen molar-refractivity contribution in [2.45, 2.75) is 39.5 Å². The van der Waals surface area contributed by atoms with Crippen LogP contribution in [0.15, 0.2) is 6.08 Å². The summed E-state index contributed by atoms with van der Waals surface area (Å²) in [4.78, 5) is 16.0. The fraction of sp³-hybridized carbons (Fsp3) is 0.375. The van der Waals surface area contributed by atoms with E-state index in [1.807, 2.05) is 6.92 Å². The third kappa shape index (κ3) is 5.17. The highest BCUT2D eigenvalue weighted by Crippen LogP contribution is 2.31. The number of rotatable bonds is 1. The summed E-state index contributed by atoms with van der Waals surface area (Å²) in [5.74, 6) is 1.19. The number of nitrogens with zero attached hydrogens (tertiary/aromatic N) is 4. The fourth-order valence-electron chi connectivity index (χ4n) is 2.36. The summed E-state index contributed by atoms with van der Waals surface area (Å²) in [6.45, 7) is 3.52. The van der Waals surface area contributed by atoms with Crippen LogP contribution in [0.1, 0.15) is 43.0 Å². The first-order chi connectivity index (χ1) is 11.8. The Morgan fingerprint density at radius 1 is 0.800 bits per heavy atom. The largest absolute Gasteiger partial charge is 0.394 e. The Kier molecular flexibility index (Phi) is 6.81. The van der Waals surface area contributed by atoms with Crippen molar-refractivity contribution >= 4 is 51.8 Å². The van der Waals surface area contributed by atoms with E-state index < -0.39 is 0 Å². The average molecular weight is 402 g/mol. The van der Waals surface area contributed by atoms with Crippen molar-refractivity contribution in [2.24, 2.45) is 0 Å². The van der Waals surface area contributed by atoms with E-state index in [1.54, 1.807) is 6.92 Å². The lowest BCUT2D eigenvalue weighted by Gasteiger charge is -2.14. The molecule has 1 aliphatic rings. The number of allylic oxidation sites excluding steroid dienone is 2. The maximum atomic E-state index is 5.93. The number of nitrogens with two attached hydrogens (primary N) is 2. The molecule has 0 unspecified atom stereocenters. The Balaban J connectivity index is 0.000000196. The predicted molar refractivity (Wildman–Crippen MR) is 104 cm³/mol. The van der Waals surface area contributed by atoms with Crippen LogP contribution >= 0.6 is 34.8 Å². The van der Waals surface area contributed by atoms with E-state index in [-0.39, 0.29) is 16.0 Å². The minimum atomic E-state index is 0.206. The minimum absolute atomic E-state index is 0.206. The van der Waals surface area contributed by atoms with Crippen molar-refractivity contribution in [1.82, 2.24) is 19.9 Å². The van der Waals surface area contributed by atoms with Crippen LogP contribution in [0.2, 0.25) is 15.5 Å². The quantitative estimate of drug-likeness (QED) is 0.674. The molecule has 6 nitrogen and oxygen atoms in total. The van der Waals surface area contributed by atoms with E-state index in [9.17, 15) is 0 Å². The van der Waals surface area contributed by atoms with Crippen LogP contribution in [0.3, 0.4) is 0 Å². The summed E-state index contributed by atoms with van der Waals surface area (Å²) in [5.41, 5.74) is 14.0. The Morgan fingerprint density at radius 2 is 1.32 bits per heavy atom. The molecule has 9 heteroatoms. The standard InChI is InChI=1S/C11H14ClN3.C5H5Cl2N3/c1-7-14-10(9(13)11(12)15-7)8-5-3-2-4-6-8;1-2-9-4(6)3(8)5(7)10-2/h5H,2-4,6,13H2,1H3;8H2,1H3. The number of anilines is 2. The zero-order chi connectivity index (χ0) is 18.6. The molecule has 0 fully saturated rings. The lowest BCUT2D eigenvalue weighted by Crippen LogP contribution is -2.04. The second kappa shape index (κ2) is 8.65. The average Bonchev–Trinajstić information content (AvgIpc) is 2.57. The first-order valence-corrected chi connectivity index (χ1v) is 8.87. The molecule has 0 atom stereocenters. The van der Waals surface area contributed by atoms with Crippen LogP contribution in [0.4, 0.5) is 11.4 Å². The number of aromatic nitrogens is 4. The zero-order valence-electron chi connectivity index (χ0n) is 14.0. The molecule has 2 heterocycles. The summed E-state index contributed by atoms with van der Waals surface area (Å²) in [7, 11) is 0. The smallest absolute Gasteiger partial charge is 0.157 e. The van der Waals surface area contributed by atoms with Gasteiger partial charge in [0, 0.05) is 0 Å². The third-order valence-corrected chi connectivity index (χ3v) is 4.43. The molecule has 2 aromatic rings. The maximum Gasteiger partial charge on any atom is 0.157 e. The Bertz CT molecular complexity index is 784.